The summed E-state index contributed by atoms with van der Waals surface area (Å²) in [5.41, 5.74) is 1.11. The van der Waals surface area contributed by atoms with Gasteiger partial charge < -0.3 is 15.2 Å². The third-order valence-electron chi connectivity index (χ3n) is 4.74. The Hall–Kier alpha value is -1.96. The van der Waals surface area contributed by atoms with Crippen molar-refractivity contribution in [2.24, 2.45) is 12.0 Å². The van der Waals surface area contributed by atoms with Gasteiger partial charge in [-0.2, -0.15) is 0 Å². The molecule has 1 fully saturated rings. The number of nitrogens with one attached hydrogen (secondary N) is 2. The van der Waals surface area contributed by atoms with Crippen molar-refractivity contribution in [1.82, 2.24) is 30.4 Å². The summed E-state index contributed by atoms with van der Waals surface area (Å²) in [4.78, 5) is 10.6. The summed E-state index contributed by atoms with van der Waals surface area (Å²) < 4.78 is 1.98. The molecule has 1 aliphatic rings. The van der Waals surface area contributed by atoms with Crippen molar-refractivity contribution in [3.8, 4) is 0 Å². The van der Waals surface area contributed by atoms with Crippen LogP contribution in [0, 0.1) is 20.8 Å². The van der Waals surface area contributed by atoms with Gasteiger partial charge in [0.15, 0.2) is 11.8 Å². The van der Waals surface area contributed by atoms with Gasteiger partial charge in [-0.05, 0) is 33.6 Å². The van der Waals surface area contributed by atoms with Crippen molar-refractivity contribution in [1.29, 1.82) is 0 Å². The average molecular weight is 362 g/mol. The molecular weight excluding hydrogens is 334 g/mol. The molecule has 0 bridgehead atoms. The first kappa shape index (κ1) is 17.8. The third-order valence-corrected chi connectivity index (χ3v) is 5.81. The maximum atomic E-state index is 4.72. The van der Waals surface area contributed by atoms with Crippen LogP contribution in [-0.2, 0) is 20.1 Å². The Morgan fingerprint density at radius 3 is 2.60 bits per heavy atom. The first-order valence-electron chi connectivity index (χ1n) is 8.85. The number of aryl methyl sites for hydroxylation is 3. The molecule has 2 aromatic rings. The van der Waals surface area contributed by atoms with Crippen LogP contribution in [0.4, 0.5) is 0 Å². The number of aromatic nitrogens is 4. The number of hydrogen-bond donors (Lipinski definition) is 2. The topological polar surface area (TPSA) is 80.0 Å². The molecule has 0 aromatic carbocycles. The fourth-order valence-electron chi connectivity index (χ4n) is 2.93. The molecule has 0 aliphatic heterocycles. The largest absolute Gasteiger partial charge is 0.354 e. The van der Waals surface area contributed by atoms with Crippen molar-refractivity contribution < 1.29 is 0 Å². The molecule has 1 aliphatic carbocycles. The first-order chi connectivity index (χ1) is 12.0. The molecule has 8 heteroatoms. The number of aliphatic imine (C=N–C) groups is 1. The molecule has 2 N–H and O–H groups in total. The Morgan fingerprint density at radius 2 is 2.00 bits per heavy atom. The summed E-state index contributed by atoms with van der Waals surface area (Å²) in [5, 5.41) is 16.4. The number of guanidine groups is 1. The van der Waals surface area contributed by atoms with Crippen LogP contribution in [0.15, 0.2) is 4.99 Å². The molecule has 2 heterocycles. The lowest BCUT2D eigenvalue weighted by Gasteiger charge is -2.17. The van der Waals surface area contributed by atoms with E-state index >= 15 is 0 Å². The second-order valence-corrected chi connectivity index (χ2v) is 7.90. The lowest BCUT2D eigenvalue weighted by Crippen LogP contribution is -2.42. The van der Waals surface area contributed by atoms with Crippen molar-refractivity contribution in [2.45, 2.75) is 65.6 Å². The summed E-state index contributed by atoms with van der Waals surface area (Å²) >= 11 is 1.74. The predicted molar refractivity (Wildman–Crippen MR) is 101 cm³/mol. The van der Waals surface area contributed by atoms with Crippen molar-refractivity contribution >= 4 is 17.3 Å². The Labute approximate surface area is 153 Å². The monoisotopic (exact) mass is 361 g/mol. The molecule has 1 saturated carbocycles. The minimum Gasteiger partial charge on any atom is -0.354 e. The Morgan fingerprint density at radius 1 is 1.24 bits per heavy atom. The molecule has 2 aromatic heterocycles. The summed E-state index contributed by atoms with van der Waals surface area (Å²) in [5.74, 6) is 2.60. The van der Waals surface area contributed by atoms with E-state index in [0.29, 0.717) is 19.1 Å². The molecular formula is C17H27N7S. The van der Waals surface area contributed by atoms with E-state index in [0.717, 1.165) is 28.3 Å². The molecule has 0 radical (unpaired) electrons. The SMILES string of the molecule is Cc1nc(CNC(=NCc2nnc(C)n2C)NC2CCCC2)sc1C. The van der Waals surface area contributed by atoms with Gasteiger partial charge in [0.05, 0.1) is 12.2 Å². The summed E-state index contributed by atoms with van der Waals surface area (Å²) in [6, 6.07) is 0.507. The number of thiazole rings is 1. The molecule has 0 unspecified atom stereocenters. The standard InChI is InChI=1S/C17H27N7S/c1-11-12(2)25-16(20-11)10-19-17(21-14-7-5-6-8-14)18-9-15-23-22-13(3)24(15)4/h14H,5-10H2,1-4H3,(H2,18,19,21). The van der Waals surface area contributed by atoms with Crippen LogP contribution in [-0.4, -0.2) is 31.7 Å². The Kier molecular flexibility index (Phi) is 5.67. The van der Waals surface area contributed by atoms with Crippen molar-refractivity contribution in [2.75, 3.05) is 0 Å². The van der Waals surface area contributed by atoms with Crippen LogP contribution in [0.5, 0.6) is 0 Å². The minimum absolute atomic E-state index is 0.507. The van der Waals surface area contributed by atoms with E-state index in [1.54, 1.807) is 11.3 Å². The molecule has 0 atom stereocenters. The molecule has 136 valence electrons. The highest BCUT2D eigenvalue weighted by Gasteiger charge is 2.16. The highest BCUT2D eigenvalue weighted by Crippen LogP contribution is 2.18. The van der Waals surface area contributed by atoms with Crippen molar-refractivity contribution in [3.63, 3.8) is 0 Å². The fourth-order valence-corrected chi connectivity index (χ4v) is 3.80. The van der Waals surface area contributed by atoms with Gasteiger partial charge >= 0.3 is 0 Å². The van der Waals surface area contributed by atoms with Crippen LogP contribution in [0.2, 0.25) is 0 Å². The number of nitrogens with zero attached hydrogens (tertiary/aromatic N) is 5. The van der Waals surface area contributed by atoms with Gasteiger partial charge in [0.2, 0.25) is 0 Å². The minimum atomic E-state index is 0.507. The van der Waals surface area contributed by atoms with Crippen LogP contribution < -0.4 is 10.6 Å². The van der Waals surface area contributed by atoms with E-state index in [4.69, 9.17) is 4.99 Å². The van der Waals surface area contributed by atoms with E-state index in [-0.39, 0.29) is 0 Å². The fraction of sp³-hybridized carbons (Fsp3) is 0.647. The summed E-state index contributed by atoms with van der Waals surface area (Å²) in [7, 11) is 1.97. The highest BCUT2D eigenvalue weighted by molar-refractivity contribution is 7.11. The maximum absolute atomic E-state index is 4.72. The van der Waals surface area contributed by atoms with Gasteiger partial charge in [-0.3, -0.25) is 0 Å². The van der Waals surface area contributed by atoms with Gasteiger partial charge in [-0.15, -0.1) is 21.5 Å². The second kappa shape index (κ2) is 7.95. The molecule has 0 amide bonds. The number of hydrogen-bond acceptors (Lipinski definition) is 5. The van der Waals surface area contributed by atoms with Crippen LogP contribution >= 0.6 is 11.3 Å². The molecule has 7 nitrogen and oxygen atoms in total. The Bertz CT molecular complexity index is 721. The summed E-state index contributed by atoms with van der Waals surface area (Å²) in [6.07, 6.45) is 5.00. The molecule has 25 heavy (non-hydrogen) atoms. The van der Waals surface area contributed by atoms with E-state index < -0.39 is 0 Å². The normalized spacial score (nSPS) is 15.8. The zero-order valence-corrected chi connectivity index (χ0v) is 16.3. The second-order valence-electron chi connectivity index (χ2n) is 6.62. The van der Waals surface area contributed by atoms with Crippen LogP contribution in [0.25, 0.3) is 0 Å². The lowest BCUT2D eigenvalue weighted by molar-refractivity contribution is 0.609. The zero-order chi connectivity index (χ0) is 17.8. The van der Waals surface area contributed by atoms with Crippen LogP contribution in [0.1, 0.15) is 52.9 Å². The van der Waals surface area contributed by atoms with Gasteiger partial charge in [0.1, 0.15) is 17.4 Å². The van der Waals surface area contributed by atoms with E-state index in [1.165, 1.54) is 30.6 Å². The van der Waals surface area contributed by atoms with E-state index in [2.05, 4.69) is 39.7 Å². The van der Waals surface area contributed by atoms with E-state index in [1.807, 2.05) is 18.5 Å². The molecule has 0 spiro atoms. The predicted octanol–water partition coefficient (Wildman–Crippen LogP) is 2.37. The first-order valence-corrected chi connectivity index (χ1v) is 9.67. The van der Waals surface area contributed by atoms with Gasteiger partial charge in [-0.1, -0.05) is 12.8 Å². The quantitative estimate of drug-likeness (QED) is 0.631. The zero-order valence-electron chi connectivity index (χ0n) is 15.5. The van der Waals surface area contributed by atoms with Gasteiger partial charge in [0.25, 0.3) is 0 Å². The highest BCUT2D eigenvalue weighted by atomic mass is 32.1. The lowest BCUT2D eigenvalue weighted by atomic mass is 10.2. The van der Waals surface area contributed by atoms with Crippen LogP contribution in [0.3, 0.4) is 0 Å². The molecule has 3 rings (SSSR count). The van der Waals surface area contributed by atoms with Gasteiger partial charge in [0, 0.05) is 18.0 Å². The van der Waals surface area contributed by atoms with E-state index in [9.17, 15) is 0 Å². The Balaban J connectivity index is 1.67. The number of rotatable bonds is 5. The smallest absolute Gasteiger partial charge is 0.192 e. The summed E-state index contributed by atoms with van der Waals surface area (Å²) in [6.45, 7) is 7.31. The average Bonchev–Trinajstić information content (AvgIpc) is 3.28. The third kappa shape index (κ3) is 4.56. The van der Waals surface area contributed by atoms with Crippen molar-refractivity contribution in [3.05, 3.63) is 27.2 Å². The van der Waals surface area contributed by atoms with Gasteiger partial charge in [-0.25, -0.2) is 9.98 Å². The maximum Gasteiger partial charge on any atom is 0.192 e. The molecule has 0 saturated heterocycles.